The maximum atomic E-state index is 11.2. The molecule has 0 amide bonds. The van der Waals surface area contributed by atoms with Crippen molar-refractivity contribution in [3.63, 3.8) is 0 Å². The van der Waals surface area contributed by atoms with Crippen LogP contribution in [0.3, 0.4) is 0 Å². The molecule has 0 aliphatic heterocycles. The predicted molar refractivity (Wildman–Crippen MR) is 60.9 cm³/mol. The minimum atomic E-state index is -0.737. The molecule has 1 aliphatic carbocycles. The van der Waals surface area contributed by atoms with Crippen LogP contribution in [0.1, 0.15) is 57.8 Å². The van der Waals surface area contributed by atoms with Gasteiger partial charge in [0, 0.05) is 5.31 Å². The first-order valence-corrected chi connectivity index (χ1v) is 6.02. The van der Waals surface area contributed by atoms with Crippen LogP contribution < -0.4 is 0 Å². The van der Waals surface area contributed by atoms with Gasteiger partial charge in [-0.15, -0.1) is 0 Å². The first kappa shape index (κ1) is 12.1. The lowest BCUT2D eigenvalue weighted by Crippen LogP contribution is -2.20. The topological polar surface area (TPSA) is 17.1 Å². The quantitative estimate of drug-likeness (QED) is 0.479. The molecule has 0 heterocycles. The van der Waals surface area contributed by atoms with Gasteiger partial charge in [-0.2, -0.15) is 0 Å². The second kappa shape index (κ2) is 5.80. The first-order chi connectivity index (χ1) is 6.65. The lowest BCUT2D eigenvalue weighted by molar-refractivity contribution is -0.114. The van der Waals surface area contributed by atoms with Crippen LogP contribution in [0.15, 0.2) is 0 Å². The van der Waals surface area contributed by atoms with E-state index in [1.807, 2.05) is 0 Å². The van der Waals surface area contributed by atoms with Crippen LogP contribution in [0.2, 0.25) is 5.31 Å². The van der Waals surface area contributed by atoms with Gasteiger partial charge in [0.25, 0.3) is 0 Å². The van der Waals surface area contributed by atoms with Crippen LogP contribution in [0.25, 0.3) is 0 Å². The molecule has 0 spiro atoms. The van der Waals surface area contributed by atoms with E-state index in [9.17, 15) is 4.79 Å². The highest BCUT2D eigenvalue weighted by molar-refractivity contribution is 6.69. The molecule has 0 saturated heterocycles. The van der Waals surface area contributed by atoms with Crippen molar-refractivity contribution in [2.45, 2.75) is 63.1 Å². The summed E-state index contributed by atoms with van der Waals surface area (Å²) in [4.78, 5) is 11.2. The molecule has 2 radical (unpaired) electrons. The summed E-state index contributed by atoms with van der Waals surface area (Å²) >= 11 is 5.55. The molecule has 3 heteroatoms. The summed E-state index contributed by atoms with van der Waals surface area (Å²) < 4.78 is 0. The number of halogens is 1. The Morgan fingerprint density at radius 2 is 1.29 bits per heavy atom. The molecule has 1 aliphatic rings. The third kappa shape index (κ3) is 3.64. The summed E-state index contributed by atoms with van der Waals surface area (Å²) in [5, 5.41) is -1.09. The van der Waals surface area contributed by atoms with Crippen molar-refractivity contribution < 1.29 is 4.79 Å². The van der Waals surface area contributed by atoms with Crippen LogP contribution in [-0.2, 0) is 4.79 Å². The van der Waals surface area contributed by atoms with Crippen molar-refractivity contribution in [3.8, 4) is 0 Å². The maximum absolute atomic E-state index is 11.2. The Labute approximate surface area is 93.0 Å². The number of hydrogen-bond donors (Lipinski definition) is 0. The second-order valence-electron chi connectivity index (χ2n) is 4.40. The van der Waals surface area contributed by atoms with Crippen molar-refractivity contribution in [1.82, 2.24) is 0 Å². The SMILES string of the molecule is [B]C1(C(=O)Cl)CCCCCCCCC1. The van der Waals surface area contributed by atoms with Crippen molar-refractivity contribution in [2.24, 2.45) is 0 Å². The Morgan fingerprint density at radius 1 is 0.929 bits per heavy atom. The zero-order valence-electron chi connectivity index (χ0n) is 8.73. The van der Waals surface area contributed by atoms with Gasteiger partial charge in [-0.25, -0.2) is 0 Å². The molecule has 0 bridgehead atoms. The van der Waals surface area contributed by atoms with Gasteiger partial charge >= 0.3 is 0 Å². The van der Waals surface area contributed by atoms with Gasteiger partial charge in [0.05, 0.1) is 7.85 Å². The summed E-state index contributed by atoms with van der Waals surface area (Å²) in [6, 6.07) is 0. The van der Waals surface area contributed by atoms with Crippen LogP contribution in [-0.4, -0.2) is 13.1 Å². The van der Waals surface area contributed by atoms with Crippen LogP contribution in [0.4, 0.5) is 0 Å². The molecule has 1 rings (SSSR count). The van der Waals surface area contributed by atoms with E-state index in [1.54, 1.807) is 0 Å². The number of rotatable bonds is 1. The van der Waals surface area contributed by atoms with E-state index in [1.165, 1.54) is 32.1 Å². The van der Waals surface area contributed by atoms with Crippen LogP contribution in [0, 0.1) is 0 Å². The normalized spacial score (nSPS) is 24.1. The molecule has 0 aromatic rings. The summed E-state index contributed by atoms with van der Waals surface area (Å²) in [6.07, 6.45) is 9.83. The Kier molecular flexibility index (Phi) is 5.01. The average Bonchev–Trinajstić information content (AvgIpc) is 2.16. The smallest absolute Gasteiger partial charge is 0.219 e. The highest BCUT2D eigenvalue weighted by Crippen LogP contribution is 2.38. The van der Waals surface area contributed by atoms with Crippen LogP contribution >= 0.6 is 11.6 Å². The van der Waals surface area contributed by atoms with Gasteiger partial charge in [0.2, 0.25) is 5.24 Å². The monoisotopic (exact) mass is 212 g/mol. The fourth-order valence-electron chi connectivity index (χ4n) is 2.09. The maximum Gasteiger partial charge on any atom is 0.219 e. The minimum absolute atomic E-state index is 0.349. The number of hydrogen-bond acceptors (Lipinski definition) is 1. The van der Waals surface area contributed by atoms with Crippen molar-refractivity contribution >= 4 is 24.7 Å². The summed E-state index contributed by atoms with van der Waals surface area (Å²) in [7, 11) is 6.01. The fraction of sp³-hybridized carbons (Fsp3) is 0.909. The summed E-state index contributed by atoms with van der Waals surface area (Å²) in [5.41, 5.74) is 0. The highest BCUT2D eigenvalue weighted by atomic mass is 35.5. The van der Waals surface area contributed by atoms with Crippen molar-refractivity contribution in [3.05, 3.63) is 0 Å². The molecule has 0 aromatic carbocycles. The largest absolute Gasteiger partial charge is 0.282 e. The molecule has 0 aromatic heterocycles. The van der Waals surface area contributed by atoms with E-state index >= 15 is 0 Å². The van der Waals surface area contributed by atoms with Crippen molar-refractivity contribution in [1.29, 1.82) is 0 Å². The average molecular weight is 213 g/mol. The number of carbonyl (C=O) groups is 1. The zero-order chi connectivity index (χ0) is 10.4. The molecule has 1 nitrogen and oxygen atoms in total. The molecule has 0 unspecified atom stereocenters. The Morgan fingerprint density at radius 3 is 1.64 bits per heavy atom. The molecular formula is C11H18BClO. The van der Waals surface area contributed by atoms with E-state index in [0.29, 0.717) is 0 Å². The lowest BCUT2D eigenvalue weighted by Gasteiger charge is -2.26. The Hall–Kier alpha value is 0.0249. The van der Waals surface area contributed by atoms with Gasteiger partial charge in [-0.3, -0.25) is 4.79 Å². The van der Waals surface area contributed by atoms with Gasteiger partial charge in [-0.1, -0.05) is 44.9 Å². The van der Waals surface area contributed by atoms with E-state index in [-0.39, 0.29) is 5.24 Å². The Balaban J connectivity index is 2.49. The second-order valence-corrected chi connectivity index (χ2v) is 4.75. The van der Waals surface area contributed by atoms with Crippen molar-refractivity contribution in [2.75, 3.05) is 0 Å². The molecule has 0 N–H and O–H groups in total. The van der Waals surface area contributed by atoms with E-state index in [2.05, 4.69) is 0 Å². The standard InChI is InChI=1S/C11H18BClO/c12-11(10(13)14)8-6-4-2-1-3-5-7-9-11/h1-9H2. The lowest BCUT2D eigenvalue weighted by atomic mass is 9.63. The van der Waals surface area contributed by atoms with E-state index in [0.717, 1.165) is 25.7 Å². The molecular weight excluding hydrogens is 194 g/mol. The molecule has 1 fully saturated rings. The Bertz CT molecular complexity index is 184. The minimum Gasteiger partial charge on any atom is -0.282 e. The fourth-order valence-corrected chi connectivity index (χ4v) is 2.28. The number of carbonyl (C=O) groups excluding carboxylic acids is 1. The summed E-state index contributed by atoms with van der Waals surface area (Å²) in [5.74, 6) is 0. The molecule has 0 atom stereocenters. The van der Waals surface area contributed by atoms with Gasteiger partial charge in [0.15, 0.2) is 0 Å². The zero-order valence-corrected chi connectivity index (χ0v) is 9.48. The van der Waals surface area contributed by atoms with Gasteiger partial charge in [0.1, 0.15) is 0 Å². The molecule has 1 saturated carbocycles. The van der Waals surface area contributed by atoms with E-state index < -0.39 is 5.31 Å². The van der Waals surface area contributed by atoms with Crippen LogP contribution in [0.5, 0.6) is 0 Å². The highest BCUT2D eigenvalue weighted by Gasteiger charge is 2.29. The van der Waals surface area contributed by atoms with Gasteiger partial charge < -0.3 is 0 Å². The first-order valence-electron chi connectivity index (χ1n) is 5.64. The third-order valence-corrected chi connectivity index (χ3v) is 3.51. The third-order valence-electron chi connectivity index (χ3n) is 3.14. The molecule has 14 heavy (non-hydrogen) atoms. The van der Waals surface area contributed by atoms with E-state index in [4.69, 9.17) is 19.4 Å². The molecule has 78 valence electrons. The predicted octanol–water partition coefficient (Wildman–Crippen LogP) is 3.60. The van der Waals surface area contributed by atoms with Gasteiger partial charge in [-0.05, 0) is 24.4 Å². The summed E-state index contributed by atoms with van der Waals surface area (Å²) in [6.45, 7) is 0.